The lowest BCUT2D eigenvalue weighted by Crippen LogP contribution is -2.52. The maximum atomic E-state index is 12.1. The number of hydrogen-bond donors (Lipinski definition) is 1. The Morgan fingerprint density at radius 2 is 2.44 bits per heavy atom. The molecule has 0 aliphatic carbocycles. The molecule has 0 aromatic carbocycles. The van der Waals surface area contributed by atoms with Gasteiger partial charge in [0.1, 0.15) is 0 Å². The van der Waals surface area contributed by atoms with Crippen molar-refractivity contribution in [3.8, 4) is 0 Å². The molecule has 0 saturated carbocycles. The fourth-order valence-corrected chi connectivity index (χ4v) is 3.44. The van der Waals surface area contributed by atoms with Crippen LogP contribution in [0.2, 0.25) is 0 Å². The summed E-state index contributed by atoms with van der Waals surface area (Å²) in [4.78, 5) is 13.3. The molecular weight excluding hydrogens is 222 g/mol. The van der Waals surface area contributed by atoms with Gasteiger partial charge in [-0.3, -0.25) is 5.32 Å². The second-order valence-electron chi connectivity index (χ2n) is 3.93. The summed E-state index contributed by atoms with van der Waals surface area (Å²) in [5.41, 5.74) is 0.691. The molecule has 0 saturated heterocycles. The first kappa shape index (κ1) is 11.6. The Kier molecular flexibility index (Phi) is 3.30. The monoisotopic (exact) mass is 239 g/mol. The molecule has 0 amide bonds. The second kappa shape index (κ2) is 4.55. The minimum absolute atomic E-state index is 0.138. The Morgan fingerprint density at radius 1 is 1.62 bits per heavy atom. The van der Waals surface area contributed by atoms with Crippen LogP contribution < -0.4 is 5.32 Å². The third-order valence-electron chi connectivity index (χ3n) is 3.11. The molecule has 1 aromatic heterocycles. The van der Waals surface area contributed by atoms with E-state index in [1.807, 2.05) is 13.8 Å². The van der Waals surface area contributed by atoms with Crippen molar-refractivity contribution in [3.05, 3.63) is 21.9 Å². The molecule has 0 spiro atoms. The lowest BCUT2D eigenvalue weighted by atomic mass is 9.87. The topological polar surface area (TPSA) is 38.3 Å². The molecular formula is C12H17NO2S. The smallest absolute Gasteiger partial charge is 0.331 e. The Bertz CT molecular complexity index is 388. The quantitative estimate of drug-likeness (QED) is 0.821. The summed E-state index contributed by atoms with van der Waals surface area (Å²) in [5.74, 6) is -0.138. The molecule has 1 atom stereocenters. The highest BCUT2D eigenvalue weighted by atomic mass is 32.1. The van der Waals surface area contributed by atoms with Crippen molar-refractivity contribution < 1.29 is 9.53 Å². The van der Waals surface area contributed by atoms with Gasteiger partial charge in [-0.05, 0) is 36.8 Å². The van der Waals surface area contributed by atoms with E-state index in [-0.39, 0.29) is 5.97 Å². The van der Waals surface area contributed by atoms with Crippen molar-refractivity contribution in [1.82, 2.24) is 5.32 Å². The van der Waals surface area contributed by atoms with Gasteiger partial charge in [0.2, 0.25) is 0 Å². The molecule has 2 rings (SSSR count). The summed E-state index contributed by atoms with van der Waals surface area (Å²) in [6.07, 6.45) is 1.74. The van der Waals surface area contributed by atoms with Gasteiger partial charge in [0.25, 0.3) is 0 Å². The summed E-state index contributed by atoms with van der Waals surface area (Å²) in [6, 6.07) is 2.12. The number of carbonyl (C=O) groups excluding carboxylic acids is 1. The van der Waals surface area contributed by atoms with Crippen LogP contribution in [-0.2, 0) is 21.5 Å². The summed E-state index contributed by atoms with van der Waals surface area (Å²) >= 11 is 1.65. The number of carbonyl (C=O) groups is 1. The zero-order valence-electron chi connectivity index (χ0n) is 9.71. The van der Waals surface area contributed by atoms with Crippen LogP contribution in [0.4, 0.5) is 0 Å². The molecule has 0 bridgehead atoms. The lowest BCUT2D eigenvalue weighted by molar-refractivity contribution is -0.152. The highest BCUT2D eigenvalue weighted by molar-refractivity contribution is 7.10. The number of thiophene rings is 1. The molecule has 16 heavy (non-hydrogen) atoms. The Hall–Kier alpha value is -0.870. The van der Waals surface area contributed by atoms with Crippen LogP contribution in [-0.4, -0.2) is 19.1 Å². The van der Waals surface area contributed by atoms with Crippen LogP contribution in [0.25, 0.3) is 0 Å². The van der Waals surface area contributed by atoms with Crippen molar-refractivity contribution in [1.29, 1.82) is 0 Å². The Morgan fingerprint density at radius 3 is 3.12 bits per heavy atom. The lowest BCUT2D eigenvalue weighted by Gasteiger charge is -2.35. The van der Waals surface area contributed by atoms with Gasteiger partial charge in [0, 0.05) is 11.4 Å². The van der Waals surface area contributed by atoms with Crippen molar-refractivity contribution in [2.24, 2.45) is 0 Å². The fraction of sp³-hybridized carbons (Fsp3) is 0.583. The third kappa shape index (κ3) is 1.66. The van der Waals surface area contributed by atoms with E-state index in [2.05, 4.69) is 16.8 Å². The molecule has 1 N–H and O–H groups in total. The number of rotatable bonds is 3. The number of nitrogens with one attached hydrogen (secondary N) is 1. The van der Waals surface area contributed by atoms with Crippen molar-refractivity contribution in [2.75, 3.05) is 13.2 Å². The van der Waals surface area contributed by atoms with E-state index in [0.29, 0.717) is 6.61 Å². The van der Waals surface area contributed by atoms with Crippen molar-refractivity contribution in [3.63, 3.8) is 0 Å². The van der Waals surface area contributed by atoms with Gasteiger partial charge in [-0.1, -0.05) is 6.92 Å². The number of esters is 1. The van der Waals surface area contributed by atoms with E-state index < -0.39 is 5.54 Å². The Balaban J connectivity index is 2.40. The SMILES string of the molecule is CCOC(=O)[C@@]1(CC)NCCc2ccsc21. The van der Waals surface area contributed by atoms with Gasteiger partial charge in [-0.2, -0.15) is 0 Å². The van der Waals surface area contributed by atoms with Crippen molar-refractivity contribution >= 4 is 17.3 Å². The largest absolute Gasteiger partial charge is 0.464 e. The number of fused-ring (bicyclic) bond motifs is 1. The van der Waals surface area contributed by atoms with Crippen molar-refractivity contribution in [2.45, 2.75) is 32.2 Å². The van der Waals surface area contributed by atoms with Crippen LogP contribution in [0.3, 0.4) is 0 Å². The molecule has 2 heterocycles. The van der Waals surface area contributed by atoms with Crippen LogP contribution in [0.1, 0.15) is 30.7 Å². The molecule has 1 aliphatic heterocycles. The van der Waals surface area contributed by atoms with Crippen LogP contribution >= 0.6 is 11.3 Å². The predicted octanol–water partition coefficient (Wildman–Crippen LogP) is 2.06. The summed E-state index contributed by atoms with van der Waals surface area (Å²) in [6.45, 7) is 5.15. The van der Waals surface area contributed by atoms with E-state index in [1.165, 1.54) is 5.56 Å². The first-order valence-electron chi connectivity index (χ1n) is 5.73. The fourth-order valence-electron chi connectivity index (χ4n) is 2.25. The van der Waals surface area contributed by atoms with Gasteiger partial charge in [-0.25, -0.2) is 4.79 Å². The zero-order chi connectivity index (χ0) is 11.6. The highest BCUT2D eigenvalue weighted by Gasteiger charge is 2.44. The van der Waals surface area contributed by atoms with Gasteiger partial charge in [0.15, 0.2) is 5.54 Å². The molecule has 4 heteroatoms. The molecule has 1 aliphatic rings. The standard InChI is InChI=1S/C12H17NO2S/c1-3-12(11(14)15-4-2)10-9(5-7-13-12)6-8-16-10/h6,8,13H,3-5,7H2,1-2H3/t12-/m0/s1. The van der Waals surface area contributed by atoms with Crippen LogP contribution in [0.5, 0.6) is 0 Å². The van der Waals surface area contributed by atoms with Gasteiger partial charge in [-0.15, -0.1) is 11.3 Å². The summed E-state index contributed by atoms with van der Waals surface area (Å²) < 4.78 is 5.21. The first-order chi connectivity index (χ1) is 7.74. The Labute approximate surface area is 99.8 Å². The number of hydrogen-bond acceptors (Lipinski definition) is 4. The van der Waals surface area contributed by atoms with E-state index in [0.717, 1.165) is 24.3 Å². The average Bonchev–Trinajstić information content (AvgIpc) is 2.77. The van der Waals surface area contributed by atoms with E-state index >= 15 is 0 Å². The van der Waals surface area contributed by atoms with Gasteiger partial charge >= 0.3 is 5.97 Å². The zero-order valence-corrected chi connectivity index (χ0v) is 10.5. The predicted molar refractivity (Wildman–Crippen MR) is 64.6 cm³/mol. The maximum Gasteiger partial charge on any atom is 0.331 e. The van der Waals surface area contributed by atoms with E-state index in [1.54, 1.807) is 11.3 Å². The third-order valence-corrected chi connectivity index (χ3v) is 4.23. The summed E-state index contributed by atoms with van der Waals surface area (Å²) in [5, 5.41) is 5.40. The van der Waals surface area contributed by atoms with Gasteiger partial charge < -0.3 is 4.74 Å². The van der Waals surface area contributed by atoms with Crippen LogP contribution in [0, 0.1) is 0 Å². The van der Waals surface area contributed by atoms with Gasteiger partial charge in [0.05, 0.1) is 6.61 Å². The molecule has 0 unspecified atom stereocenters. The summed E-state index contributed by atoms with van der Waals surface area (Å²) in [7, 11) is 0. The second-order valence-corrected chi connectivity index (χ2v) is 4.85. The molecule has 0 fully saturated rings. The highest BCUT2D eigenvalue weighted by Crippen LogP contribution is 2.36. The first-order valence-corrected chi connectivity index (χ1v) is 6.61. The average molecular weight is 239 g/mol. The minimum Gasteiger partial charge on any atom is -0.464 e. The van der Waals surface area contributed by atoms with E-state index in [9.17, 15) is 4.79 Å². The molecule has 88 valence electrons. The maximum absolute atomic E-state index is 12.1. The normalized spacial score (nSPS) is 23.9. The number of ether oxygens (including phenoxy) is 1. The van der Waals surface area contributed by atoms with E-state index in [4.69, 9.17) is 4.74 Å². The minimum atomic E-state index is -0.599. The van der Waals surface area contributed by atoms with Crippen LogP contribution in [0.15, 0.2) is 11.4 Å². The molecule has 0 radical (unpaired) electrons. The molecule has 3 nitrogen and oxygen atoms in total. The molecule has 1 aromatic rings.